The minimum atomic E-state index is 0.789. The van der Waals surface area contributed by atoms with Gasteiger partial charge in [0.15, 0.2) is 5.96 Å². The second kappa shape index (κ2) is 11.2. The SMILES string of the molecule is CN=C(NCCSc1ccccc1)NCCc1nccn1Cc1ccccc1. The van der Waals surface area contributed by atoms with Crippen molar-refractivity contribution in [2.75, 3.05) is 25.9 Å². The van der Waals surface area contributed by atoms with Crippen LogP contribution in [0.15, 0.2) is 82.9 Å². The number of benzene rings is 2. The molecule has 0 fully saturated rings. The van der Waals surface area contributed by atoms with E-state index in [0.29, 0.717) is 0 Å². The van der Waals surface area contributed by atoms with Crippen molar-refractivity contribution >= 4 is 17.7 Å². The maximum atomic E-state index is 4.50. The Labute approximate surface area is 171 Å². The zero-order chi connectivity index (χ0) is 19.4. The van der Waals surface area contributed by atoms with Gasteiger partial charge in [0.2, 0.25) is 0 Å². The molecule has 0 aliphatic heterocycles. The predicted octanol–water partition coefficient (Wildman–Crippen LogP) is 3.43. The summed E-state index contributed by atoms with van der Waals surface area (Å²) in [5.74, 6) is 2.90. The van der Waals surface area contributed by atoms with Gasteiger partial charge in [0.1, 0.15) is 5.82 Å². The van der Waals surface area contributed by atoms with E-state index in [4.69, 9.17) is 0 Å². The fraction of sp³-hybridized carbons (Fsp3) is 0.273. The van der Waals surface area contributed by atoms with Crippen LogP contribution in [0, 0.1) is 0 Å². The predicted molar refractivity (Wildman–Crippen MR) is 118 cm³/mol. The summed E-state index contributed by atoms with van der Waals surface area (Å²) in [6, 6.07) is 20.9. The highest BCUT2D eigenvalue weighted by atomic mass is 32.2. The molecule has 0 aliphatic carbocycles. The number of nitrogens with zero attached hydrogens (tertiary/aromatic N) is 3. The smallest absolute Gasteiger partial charge is 0.191 e. The fourth-order valence-electron chi connectivity index (χ4n) is 2.86. The standard InChI is InChI=1S/C22H27N5S/c1-23-22(26-15-17-28-20-10-6-3-7-11-20)25-13-12-21-24-14-16-27(21)18-19-8-4-2-5-9-19/h2-11,14,16H,12-13,15,17-18H2,1H3,(H2,23,25,26). The zero-order valence-electron chi connectivity index (χ0n) is 16.2. The summed E-state index contributed by atoms with van der Waals surface area (Å²) in [5.41, 5.74) is 1.28. The Morgan fingerprint density at radius 3 is 2.46 bits per heavy atom. The van der Waals surface area contributed by atoms with Crippen LogP contribution in [0.1, 0.15) is 11.4 Å². The highest BCUT2D eigenvalue weighted by Crippen LogP contribution is 2.15. The quantitative estimate of drug-likeness (QED) is 0.253. The minimum Gasteiger partial charge on any atom is -0.356 e. The van der Waals surface area contributed by atoms with Crippen LogP contribution < -0.4 is 10.6 Å². The first-order valence-electron chi connectivity index (χ1n) is 9.51. The molecular formula is C22H27N5S. The maximum absolute atomic E-state index is 4.50. The van der Waals surface area contributed by atoms with Crippen molar-refractivity contribution in [3.63, 3.8) is 0 Å². The van der Waals surface area contributed by atoms with E-state index in [0.717, 1.165) is 43.6 Å². The number of imidazole rings is 1. The average Bonchev–Trinajstić information content (AvgIpc) is 3.18. The molecule has 0 saturated heterocycles. The highest BCUT2D eigenvalue weighted by Gasteiger charge is 2.04. The van der Waals surface area contributed by atoms with Gasteiger partial charge < -0.3 is 15.2 Å². The molecule has 1 heterocycles. The van der Waals surface area contributed by atoms with Crippen molar-refractivity contribution < 1.29 is 0 Å². The number of nitrogens with one attached hydrogen (secondary N) is 2. The van der Waals surface area contributed by atoms with Crippen LogP contribution in [0.4, 0.5) is 0 Å². The Bertz CT molecular complexity index is 846. The average molecular weight is 394 g/mol. The van der Waals surface area contributed by atoms with Crippen LogP contribution in [-0.2, 0) is 13.0 Å². The van der Waals surface area contributed by atoms with Gasteiger partial charge in [-0.05, 0) is 17.7 Å². The van der Waals surface area contributed by atoms with E-state index in [2.05, 4.69) is 73.7 Å². The minimum absolute atomic E-state index is 0.789. The summed E-state index contributed by atoms with van der Waals surface area (Å²) in [5, 5.41) is 6.74. The molecule has 2 aromatic carbocycles. The lowest BCUT2D eigenvalue weighted by Gasteiger charge is -2.12. The Morgan fingerprint density at radius 2 is 1.71 bits per heavy atom. The van der Waals surface area contributed by atoms with Gasteiger partial charge in [0.25, 0.3) is 0 Å². The molecule has 0 atom stereocenters. The first kappa shape index (κ1) is 20.0. The Kier molecular flexibility index (Phi) is 8.00. The third-order valence-corrected chi connectivity index (χ3v) is 5.28. The molecule has 28 heavy (non-hydrogen) atoms. The summed E-state index contributed by atoms with van der Waals surface area (Å²) in [4.78, 5) is 10.1. The number of thioether (sulfide) groups is 1. The van der Waals surface area contributed by atoms with Gasteiger partial charge in [-0.1, -0.05) is 48.5 Å². The fourth-order valence-corrected chi connectivity index (χ4v) is 3.65. The summed E-state index contributed by atoms with van der Waals surface area (Å²) in [6.45, 7) is 2.50. The molecule has 5 nitrogen and oxygen atoms in total. The van der Waals surface area contributed by atoms with E-state index in [1.165, 1.54) is 10.5 Å². The van der Waals surface area contributed by atoms with Gasteiger partial charge in [0.05, 0.1) is 0 Å². The molecular weight excluding hydrogens is 366 g/mol. The van der Waals surface area contributed by atoms with Crippen molar-refractivity contribution in [1.29, 1.82) is 0 Å². The molecule has 0 spiro atoms. The summed E-state index contributed by atoms with van der Waals surface area (Å²) < 4.78 is 2.20. The van der Waals surface area contributed by atoms with Crippen LogP contribution in [0.5, 0.6) is 0 Å². The first-order chi connectivity index (χ1) is 13.8. The van der Waals surface area contributed by atoms with E-state index in [1.807, 2.05) is 36.3 Å². The van der Waals surface area contributed by atoms with Crippen LogP contribution >= 0.6 is 11.8 Å². The summed E-state index contributed by atoms with van der Waals surface area (Å²) >= 11 is 1.84. The van der Waals surface area contributed by atoms with Crippen LogP contribution in [0.25, 0.3) is 0 Å². The monoisotopic (exact) mass is 393 g/mol. The lowest BCUT2D eigenvalue weighted by molar-refractivity contribution is 0.696. The second-order valence-corrected chi connectivity index (χ2v) is 7.46. The molecule has 0 aliphatic rings. The van der Waals surface area contributed by atoms with Crippen LogP contribution in [-0.4, -0.2) is 41.4 Å². The van der Waals surface area contributed by atoms with Gasteiger partial charge in [0, 0.05) is 56.1 Å². The number of hydrogen-bond acceptors (Lipinski definition) is 3. The van der Waals surface area contributed by atoms with Gasteiger partial charge in [-0.2, -0.15) is 0 Å². The van der Waals surface area contributed by atoms with Gasteiger partial charge in [-0.15, -0.1) is 11.8 Å². The molecule has 2 N–H and O–H groups in total. The molecule has 1 aromatic heterocycles. The molecule has 0 radical (unpaired) electrons. The Hall–Kier alpha value is -2.73. The van der Waals surface area contributed by atoms with Crippen LogP contribution in [0.2, 0.25) is 0 Å². The van der Waals surface area contributed by atoms with Gasteiger partial charge in [-0.3, -0.25) is 4.99 Å². The van der Waals surface area contributed by atoms with E-state index >= 15 is 0 Å². The molecule has 0 amide bonds. The molecule has 6 heteroatoms. The maximum Gasteiger partial charge on any atom is 0.191 e. The van der Waals surface area contributed by atoms with Crippen molar-refractivity contribution in [2.24, 2.45) is 4.99 Å². The van der Waals surface area contributed by atoms with E-state index < -0.39 is 0 Å². The lowest BCUT2D eigenvalue weighted by atomic mass is 10.2. The van der Waals surface area contributed by atoms with Crippen LogP contribution in [0.3, 0.4) is 0 Å². The van der Waals surface area contributed by atoms with Gasteiger partial charge >= 0.3 is 0 Å². The topological polar surface area (TPSA) is 54.2 Å². The lowest BCUT2D eigenvalue weighted by Crippen LogP contribution is -2.39. The molecule has 3 aromatic rings. The molecule has 0 saturated carbocycles. The Morgan fingerprint density at radius 1 is 1.00 bits per heavy atom. The summed E-state index contributed by atoms with van der Waals surface area (Å²) in [6.07, 6.45) is 4.75. The van der Waals surface area contributed by atoms with E-state index in [9.17, 15) is 0 Å². The van der Waals surface area contributed by atoms with Gasteiger partial charge in [-0.25, -0.2) is 4.98 Å². The molecule has 146 valence electrons. The highest BCUT2D eigenvalue weighted by molar-refractivity contribution is 7.99. The van der Waals surface area contributed by atoms with Crippen molar-refractivity contribution in [3.8, 4) is 0 Å². The van der Waals surface area contributed by atoms with E-state index in [-0.39, 0.29) is 0 Å². The zero-order valence-corrected chi connectivity index (χ0v) is 17.0. The molecule has 0 unspecified atom stereocenters. The number of aliphatic imine (C=N–C) groups is 1. The van der Waals surface area contributed by atoms with E-state index in [1.54, 1.807) is 7.05 Å². The third-order valence-electron chi connectivity index (χ3n) is 4.27. The number of rotatable bonds is 9. The second-order valence-electron chi connectivity index (χ2n) is 6.29. The number of aromatic nitrogens is 2. The number of hydrogen-bond donors (Lipinski definition) is 2. The largest absolute Gasteiger partial charge is 0.356 e. The van der Waals surface area contributed by atoms with Crippen molar-refractivity contribution in [2.45, 2.75) is 17.9 Å². The number of guanidine groups is 1. The molecule has 0 bridgehead atoms. The normalized spacial score (nSPS) is 11.4. The summed E-state index contributed by atoms with van der Waals surface area (Å²) in [7, 11) is 1.80. The van der Waals surface area contributed by atoms with Crippen molar-refractivity contribution in [1.82, 2.24) is 20.2 Å². The first-order valence-corrected chi connectivity index (χ1v) is 10.5. The van der Waals surface area contributed by atoms with Crippen molar-refractivity contribution in [3.05, 3.63) is 84.4 Å². The third kappa shape index (κ3) is 6.46. The Balaban J connectivity index is 1.38. The molecule has 3 rings (SSSR count).